The number of amides is 1. The number of likely N-dealkylation sites (tertiary alicyclic amines) is 1. The average Bonchev–Trinajstić information content (AvgIpc) is 2.84. The third-order valence-corrected chi connectivity index (χ3v) is 5.40. The second kappa shape index (κ2) is 6.41. The fourth-order valence-electron chi connectivity index (χ4n) is 3.79. The Morgan fingerprint density at radius 2 is 2.18 bits per heavy atom. The number of piperidine rings is 1. The molecule has 0 bridgehead atoms. The maximum absolute atomic E-state index is 12.4. The van der Waals surface area contributed by atoms with E-state index in [4.69, 9.17) is 0 Å². The second-order valence-corrected chi connectivity index (χ2v) is 6.93. The van der Waals surface area contributed by atoms with Gasteiger partial charge < -0.3 is 14.8 Å². The summed E-state index contributed by atoms with van der Waals surface area (Å²) in [6, 6.07) is 0.493. The van der Waals surface area contributed by atoms with Crippen LogP contribution in [0.5, 0.6) is 0 Å². The number of carbonyl (C=O) groups excluding carboxylic acids is 1. The van der Waals surface area contributed by atoms with Gasteiger partial charge in [0.1, 0.15) is 5.82 Å². The van der Waals surface area contributed by atoms with Crippen molar-refractivity contribution in [2.24, 2.45) is 5.92 Å². The van der Waals surface area contributed by atoms with E-state index >= 15 is 0 Å². The number of hydrogen-bond acceptors (Lipinski definition) is 3. The topological polar surface area (TPSA) is 50.2 Å². The highest BCUT2D eigenvalue weighted by molar-refractivity contribution is 5.78. The first-order valence-electron chi connectivity index (χ1n) is 8.59. The zero-order chi connectivity index (χ0) is 15.7. The van der Waals surface area contributed by atoms with Gasteiger partial charge in [0.25, 0.3) is 0 Å². The number of carbonyl (C=O) groups is 1. The first-order chi connectivity index (χ1) is 10.6. The van der Waals surface area contributed by atoms with Crippen LogP contribution in [-0.2, 0) is 24.3 Å². The largest absolute Gasteiger partial charge is 0.350 e. The highest BCUT2D eigenvalue weighted by atomic mass is 16.1. The summed E-state index contributed by atoms with van der Waals surface area (Å²) in [5, 5.41) is 3.13. The maximum atomic E-state index is 12.4. The van der Waals surface area contributed by atoms with E-state index in [2.05, 4.69) is 40.7 Å². The molecule has 1 fully saturated rings. The standard InChI is InChI=1S/C17H28N4O/c1-12-10-14(7-9-20(12)3)17(22)18-11-15-16-6-4-5-8-21(16)13(2)19-15/h12,14H,4-11H2,1-3H3,(H,18,22)/t12-,14-/m0/s1. The highest BCUT2D eigenvalue weighted by Gasteiger charge is 2.28. The van der Waals surface area contributed by atoms with Crippen molar-refractivity contribution >= 4 is 5.91 Å². The monoisotopic (exact) mass is 304 g/mol. The van der Waals surface area contributed by atoms with Gasteiger partial charge in [-0.15, -0.1) is 0 Å². The summed E-state index contributed by atoms with van der Waals surface area (Å²) < 4.78 is 2.32. The Morgan fingerprint density at radius 1 is 1.36 bits per heavy atom. The molecule has 0 aromatic carbocycles. The van der Waals surface area contributed by atoms with E-state index in [0.717, 1.165) is 43.9 Å². The summed E-state index contributed by atoms with van der Waals surface area (Å²) in [7, 11) is 2.14. The first kappa shape index (κ1) is 15.5. The van der Waals surface area contributed by atoms with Crippen LogP contribution in [0.2, 0.25) is 0 Å². The maximum Gasteiger partial charge on any atom is 0.223 e. The fourth-order valence-corrected chi connectivity index (χ4v) is 3.79. The molecular weight excluding hydrogens is 276 g/mol. The van der Waals surface area contributed by atoms with Crippen molar-refractivity contribution in [2.75, 3.05) is 13.6 Å². The molecule has 2 atom stereocenters. The molecule has 3 rings (SSSR count). The molecule has 1 aromatic rings. The van der Waals surface area contributed by atoms with Crippen molar-refractivity contribution in [2.45, 2.75) is 65.1 Å². The van der Waals surface area contributed by atoms with Crippen LogP contribution in [0.25, 0.3) is 0 Å². The molecule has 0 unspecified atom stereocenters. The number of nitrogens with one attached hydrogen (secondary N) is 1. The van der Waals surface area contributed by atoms with Gasteiger partial charge in [0.05, 0.1) is 12.2 Å². The number of rotatable bonds is 3. The molecule has 22 heavy (non-hydrogen) atoms. The molecule has 1 amide bonds. The summed E-state index contributed by atoms with van der Waals surface area (Å²) in [6.07, 6.45) is 5.50. The lowest BCUT2D eigenvalue weighted by atomic mass is 9.91. The van der Waals surface area contributed by atoms with E-state index in [-0.39, 0.29) is 11.8 Å². The van der Waals surface area contributed by atoms with Gasteiger partial charge in [-0.2, -0.15) is 0 Å². The third kappa shape index (κ3) is 3.05. The molecule has 0 saturated carbocycles. The van der Waals surface area contributed by atoms with Crippen LogP contribution >= 0.6 is 0 Å². The van der Waals surface area contributed by atoms with Crippen LogP contribution in [0.4, 0.5) is 0 Å². The van der Waals surface area contributed by atoms with Crippen LogP contribution in [0, 0.1) is 12.8 Å². The Morgan fingerprint density at radius 3 is 2.95 bits per heavy atom. The van der Waals surface area contributed by atoms with Crippen molar-refractivity contribution in [3.63, 3.8) is 0 Å². The lowest BCUT2D eigenvalue weighted by molar-refractivity contribution is -0.127. The minimum Gasteiger partial charge on any atom is -0.350 e. The van der Waals surface area contributed by atoms with Gasteiger partial charge in [0.2, 0.25) is 5.91 Å². The SMILES string of the molecule is Cc1nc(CNC(=O)[C@H]2CCN(C)[C@@H](C)C2)c2n1CCCC2. The van der Waals surface area contributed by atoms with Crippen molar-refractivity contribution < 1.29 is 4.79 Å². The smallest absolute Gasteiger partial charge is 0.223 e. The molecule has 0 aliphatic carbocycles. The lowest BCUT2D eigenvalue weighted by Gasteiger charge is -2.34. The quantitative estimate of drug-likeness (QED) is 0.927. The molecule has 2 aliphatic rings. The van der Waals surface area contributed by atoms with Crippen molar-refractivity contribution in [1.82, 2.24) is 19.8 Å². The molecule has 122 valence electrons. The first-order valence-corrected chi connectivity index (χ1v) is 8.59. The molecular formula is C17H28N4O. The molecule has 1 saturated heterocycles. The van der Waals surface area contributed by atoms with Gasteiger partial charge in [-0.3, -0.25) is 4.79 Å². The number of aromatic nitrogens is 2. The summed E-state index contributed by atoms with van der Waals surface area (Å²) in [5.41, 5.74) is 2.41. The van der Waals surface area contributed by atoms with E-state index < -0.39 is 0 Å². The van der Waals surface area contributed by atoms with E-state index in [1.54, 1.807) is 0 Å². The molecule has 0 spiro atoms. The van der Waals surface area contributed by atoms with Gasteiger partial charge in [-0.05, 0) is 59.5 Å². The highest BCUT2D eigenvalue weighted by Crippen LogP contribution is 2.23. The van der Waals surface area contributed by atoms with E-state index in [9.17, 15) is 4.79 Å². The Bertz CT molecular complexity index is 551. The number of fused-ring (bicyclic) bond motifs is 1. The van der Waals surface area contributed by atoms with Crippen LogP contribution in [0.3, 0.4) is 0 Å². The average molecular weight is 304 g/mol. The van der Waals surface area contributed by atoms with Crippen LogP contribution in [-0.4, -0.2) is 40.0 Å². The fraction of sp³-hybridized carbons (Fsp3) is 0.765. The van der Waals surface area contributed by atoms with Crippen LogP contribution in [0.15, 0.2) is 0 Å². The Balaban J connectivity index is 1.60. The van der Waals surface area contributed by atoms with Crippen molar-refractivity contribution in [1.29, 1.82) is 0 Å². The number of nitrogens with zero attached hydrogens (tertiary/aromatic N) is 3. The van der Waals surface area contributed by atoms with Gasteiger partial charge in [-0.25, -0.2) is 4.98 Å². The second-order valence-electron chi connectivity index (χ2n) is 6.93. The minimum absolute atomic E-state index is 0.158. The van der Waals surface area contributed by atoms with Gasteiger partial charge in [-0.1, -0.05) is 0 Å². The van der Waals surface area contributed by atoms with Gasteiger partial charge >= 0.3 is 0 Å². The predicted octanol–water partition coefficient (Wildman–Crippen LogP) is 1.87. The van der Waals surface area contributed by atoms with E-state index in [1.165, 1.54) is 18.5 Å². The lowest BCUT2D eigenvalue weighted by Crippen LogP contribution is -2.43. The Kier molecular flexibility index (Phi) is 4.52. The number of hydrogen-bond donors (Lipinski definition) is 1. The molecule has 2 aliphatic heterocycles. The van der Waals surface area contributed by atoms with Crippen LogP contribution in [0.1, 0.15) is 49.8 Å². The summed E-state index contributed by atoms with van der Waals surface area (Å²) >= 11 is 0. The molecule has 5 heteroatoms. The molecule has 3 heterocycles. The summed E-state index contributed by atoms with van der Waals surface area (Å²) in [6.45, 7) is 6.95. The van der Waals surface area contributed by atoms with Crippen molar-refractivity contribution in [3.8, 4) is 0 Å². The van der Waals surface area contributed by atoms with E-state index in [1.807, 2.05) is 0 Å². The van der Waals surface area contributed by atoms with Gasteiger partial charge in [0, 0.05) is 24.2 Å². The zero-order valence-electron chi connectivity index (χ0n) is 14.1. The molecule has 1 aromatic heterocycles. The van der Waals surface area contributed by atoms with Gasteiger partial charge in [0.15, 0.2) is 0 Å². The molecule has 5 nitrogen and oxygen atoms in total. The Labute approximate surface area is 133 Å². The molecule has 1 N–H and O–H groups in total. The Hall–Kier alpha value is -1.36. The normalized spacial score (nSPS) is 25.8. The van der Waals surface area contributed by atoms with E-state index in [0.29, 0.717) is 12.6 Å². The third-order valence-electron chi connectivity index (χ3n) is 5.40. The van der Waals surface area contributed by atoms with Crippen LogP contribution < -0.4 is 5.32 Å². The van der Waals surface area contributed by atoms with Crippen molar-refractivity contribution in [3.05, 3.63) is 17.2 Å². The predicted molar refractivity (Wildman–Crippen MR) is 86.6 cm³/mol. The molecule has 0 radical (unpaired) electrons. The number of aryl methyl sites for hydroxylation is 1. The summed E-state index contributed by atoms with van der Waals surface area (Å²) in [5.74, 6) is 1.45. The zero-order valence-corrected chi connectivity index (χ0v) is 14.1. The summed E-state index contributed by atoms with van der Waals surface area (Å²) in [4.78, 5) is 19.4. The minimum atomic E-state index is 0.158. The number of imidazole rings is 1.